The second kappa shape index (κ2) is 9.47. The van der Waals surface area contributed by atoms with Crippen LogP contribution >= 0.6 is 11.8 Å². The fraction of sp³-hybridized carbons (Fsp3) is 0.0769. The molecule has 0 unspecified atom stereocenters. The number of nitrogens with one attached hydrogen (secondary N) is 1. The monoisotopic (exact) mass is 484 g/mol. The van der Waals surface area contributed by atoms with Gasteiger partial charge in [-0.3, -0.25) is 9.36 Å². The second-order valence-corrected chi connectivity index (χ2v) is 8.53. The molecule has 0 spiro atoms. The van der Waals surface area contributed by atoms with Gasteiger partial charge in [0.2, 0.25) is 0 Å². The lowest BCUT2D eigenvalue weighted by Gasteiger charge is -2.13. The van der Waals surface area contributed by atoms with Gasteiger partial charge in [-0.25, -0.2) is 14.8 Å². The van der Waals surface area contributed by atoms with Gasteiger partial charge in [0.05, 0.1) is 40.5 Å². The number of aromatic amines is 1. The van der Waals surface area contributed by atoms with Gasteiger partial charge in [-0.15, -0.1) is 0 Å². The number of para-hydroxylation sites is 4. The van der Waals surface area contributed by atoms with Crippen LogP contribution in [0, 0.1) is 0 Å². The SMILES string of the molecule is COC(=O)/C(=C(\O)CSc1nc2ccccc2c(=O)n1-c1ccccc1)c1nc2ccccc2[nH]1. The number of ether oxygens (including phenoxy) is 1. The summed E-state index contributed by atoms with van der Waals surface area (Å²) in [5, 5.41) is 11.8. The van der Waals surface area contributed by atoms with Crippen molar-refractivity contribution < 1.29 is 14.6 Å². The Morgan fingerprint density at radius 2 is 1.66 bits per heavy atom. The number of rotatable bonds is 6. The number of benzene rings is 3. The lowest BCUT2D eigenvalue weighted by atomic mass is 10.2. The summed E-state index contributed by atoms with van der Waals surface area (Å²) in [6.45, 7) is 0. The summed E-state index contributed by atoms with van der Waals surface area (Å²) in [5.41, 5.74) is 2.26. The topological polar surface area (TPSA) is 110 Å². The van der Waals surface area contributed by atoms with E-state index in [2.05, 4.69) is 15.0 Å². The van der Waals surface area contributed by atoms with Crippen LogP contribution in [0.1, 0.15) is 5.82 Å². The van der Waals surface area contributed by atoms with E-state index in [0.717, 1.165) is 17.3 Å². The first-order valence-electron chi connectivity index (χ1n) is 10.7. The van der Waals surface area contributed by atoms with Crippen LogP contribution in [0.25, 0.3) is 33.2 Å². The third kappa shape index (κ3) is 4.29. The van der Waals surface area contributed by atoms with Crippen molar-refractivity contribution in [3.8, 4) is 5.69 Å². The predicted octanol–water partition coefficient (Wildman–Crippen LogP) is 4.50. The summed E-state index contributed by atoms with van der Waals surface area (Å²) in [5.74, 6) is -0.820. The lowest BCUT2D eigenvalue weighted by Crippen LogP contribution is -2.22. The summed E-state index contributed by atoms with van der Waals surface area (Å²) in [4.78, 5) is 38.1. The molecule has 0 aliphatic carbocycles. The van der Waals surface area contributed by atoms with Crippen LogP contribution in [0.5, 0.6) is 0 Å². The van der Waals surface area contributed by atoms with Gasteiger partial charge < -0.3 is 14.8 Å². The Kier molecular flexibility index (Phi) is 6.07. The van der Waals surface area contributed by atoms with Crippen molar-refractivity contribution in [3.63, 3.8) is 0 Å². The molecule has 9 heteroatoms. The normalized spacial score (nSPS) is 12.0. The third-order valence-electron chi connectivity index (χ3n) is 5.40. The minimum Gasteiger partial charge on any atom is -0.510 e. The van der Waals surface area contributed by atoms with Crippen LogP contribution in [-0.4, -0.2) is 43.5 Å². The number of fused-ring (bicyclic) bond motifs is 2. The highest BCUT2D eigenvalue weighted by molar-refractivity contribution is 7.99. The van der Waals surface area contributed by atoms with Gasteiger partial charge in [-0.2, -0.15) is 0 Å². The second-order valence-electron chi connectivity index (χ2n) is 7.59. The van der Waals surface area contributed by atoms with Crippen molar-refractivity contribution in [1.82, 2.24) is 19.5 Å². The van der Waals surface area contributed by atoms with E-state index in [1.165, 1.54) is 11.7 Å². The maximum absolute atomic E-state index is 13.3. The molecule has 0 bridgehead atoms. The number of imidazole rings is 1. The number of nitrogens with zero attached hydrogens (tertiary/aromatic N) is 3. The Morgan fingerprint density at radius 1 is 0.971 bits per heavy atom. The summed E-state index contributed by atoms with van der Waals surface area (Å²) >= 11 is 1.13. The highest BCUT2D eigenvalue weighted by atomic mass is 32.2. The van der Waals surface area contributed by atoms with Crippen LogP contribution in [0.3, 0.4) is 0 Å². The van der Waals surface area contributed by atoms with Crippen LogP contribution < -0.4 is 5.56 Å². The number of thioether (sulfide) groups is 1. The van der Waals surface area contributed by atoms with E-state index in [-0.39, 0.29) is 28.5 Å². The van der Waals surface area contributed by atoms with Crippen LogP contribution in [0.4, 0.5) is 0 Å². The zero-order valence-corrected chi connectivity index (χ0v) is 19.5. The Balaban J connectivity index is 1.58. The van der Waals surface area contributed by atoms with Gasteiger partial charge in [0.15, 0.2) is 5.16 Å². The fourth-order valence-electron chi connectivity index (χ4n) is 3.74. The molecule has 2 N–H and O–H groups in total. The van der Waals surface area contributed by atoms with Crippen LogP contribution in [0.2, 0.25) is 0 Å². The van der Waals surface area contributed by atoms with Gasteiger partial charge in [0, 0.05) is 0 Å². The number of aliphatic hydroxyl groups excluding tert-OH is 1. The van der Waals surface area contributed by atoms with Gasteiger partial charge in [-0.1, -0.05) is 54.2 Å². The first-order valence-corrected chi connectivity index (χ1v) is 11.7. The summed E-state index contributed by atoms with van der Waals surface area (Å²) in [6.07, 6.45) is 0. The van der Waals surface area contributed by atoms with Crippen molar-refractivity contribution in [2.75, 3.05) is 12.9 Å². The van der Waals surface area contributed by atoms with Crippen molar-refractivity contribution in [1.29, 1.82) is 0 Å². The molecule has 0 atom stereocenters. The Labute approximate surface area is 203 Å². The number of aromatic nitrogens is 4. The van der Waals surface area contributed by atoms with E-state index in [0.29, 0.717) is 27.3 Å². The number of hydrogen-bond donors (Lipinski definition) is 2. The third-order valence-corrected chi connectivity index (χ3v) is 6.35. The summed E-state index contributed by atoms with van der Waals surface area (Å²) in [7, 11) is 1.24. The molecule has 0 saturated carbocycles. The Morgan fingerprint density at radius 3 is 2.40 bits per heavy atom. The number of carbonyl (C=O) groups excluding carboxylic acids is 1. The van der Waals surface area contributed by atoms with E-state index in [1.807, 2.05) is 54.6 Å². The van der Waals surface area contributed by atoms with E-state index < -0.39 is 5.97 Å². The Hall–Kier alpha value is -4.37. The lowest BCUT2D eigenvalue weighted by molar-refractivity contribution is -0.133. The Bertz CT molecular complexity index is 1610. The quantitative estimate of drug-likeness (QED) is 0.120. The fourth-order valence-corrected chi connectivity index (χ4v) is 4.63. The first kappa shape index (κ1) is 22.4. The van der Waals surface area contributed by atoms with Crippen molar-refractivity contribution in [3.05, 3.63) is 101 Å². The van der Waals surface area contributed by atoms with Crippen molar-refractivity contribution in [2.24, 2.45) is 0 Å². The first-order chi connectivity index (χ1) is 17.1. The molecular weight excluding hydrogens is 464 g/mol. The van der Waals surface area contributed by atoms with Crippen LogP contribution in [-0.2, 0) is 9.53 Å². The smallest absolute Gasteiger partial charge is 0.345 e. The zero-order valence-electron chi connectivity index (χ0n) is 18.6. The van der Waals surface area contributed by atoms with Gasteiger partial charge >= 0.3 is 5.97 Å². The van der Waals surface area contributed by atoms with Gasteiger partial charge in [0.25, 0.3) is 5.56 Å². The van der Waals surface area contributed by atoms with Gasteiger partial charge in [0.1, 0.15) is 17.2 Å². The minimum atomic E-state index is -0.728. The predicted molar refractivity (Wildman–Crippen MR) is 136 cm³/mol. The molecule has 0 aliphatic rings. The molecule has 35 heavy (non-hydrogen) atoms. The summed E-state index contributed by atoms with van der Waals surface area (Å²) in [6, 6.07) is 23.5. The number of hydrogen-bond acceptors (Lipinski definition) is 7. The molecule has 174 valence electrons. The molecule has 0 radical (unpaired) electrons. The zero-order chi connectivity index (χ0) is 24.4. The number of carbonyl (C=O) groups is 1. The molecular formula is C26H20N4O4S. The standard InChI is InChI=1S/C26H20N4O4S/c1-34-25(33)22(23-27-19-13-7-8-14-20(19)28-23)21(31)15-35-26-29-18-12-6-5-11-17(18)24(32)30(26)16-9-3-2-4-10-16/h2-14,31H,15H2,1H3,(H,27,28)/b22-21-. The minimum absolute atomic E-state index is 0.0426. The van der Waals surface area contributed by atoms with E-state index in [1.54, 1.807) is 24.3 Å². The molecule has 2 heterocycles. The highest BCUT2D eigenvalue weighted by Gasteiger charge is 2.23. The summed E-state index contributed by atoms with van der Waals surface area (Å²) < 4.78 is 6.41. The van der Waals surface area contributed by atoms with E-state index in [9.17, 15) is 14.7 Å². The van der Waals surface area contributed by atoms with E-state index >= 15 is 0 Å². The molecule has 0 amide bonds. The molecule has 0 aliphatic heterocycles. The average molecular weight is 485 g/mol. The van der Waals surface area contributed by atoms with Crippen LogP contribution in [0.15, 0.2) is 94.6 Å². The molecule has 5 rings (SSSR count). The largest absolute Gasteiger partial charge is 0.510 e. The average Bonchev–Trinajstić information content (AvgIpc) is 3.31. The highest BCUT2D eigenvalue weighted by Crippen LogP contribution is 2.27. The maximum atomic E-state index is 13.3. The molecule has 3 aromatic carbocycles. The van der Waals surface area contributed by atoms with Crippen molar-refractivity contribution >= 4 is 45.2 Å². The molecule has 2 aromatic heterocycles. The van der Waals surface area contributed by atoms with Crippen molar-refractivity contribution in [2.45, 2.75) is 5.16 Å². The molecule has 0 fully saturated rings. The molecule has 5 aromatic rings. The number of methoxy groups -OCH3 is 1. The van der Waals surface area contributed by atoms with E-state index in [4.69, 9.17) is 4.74 Å². The maximum Gasteiger partial charge on any atom is 0.345 e. The molecule has 0 saturated heterocycles. The van der Waals surface area contributed by atoms with Gasteiger partial charge in [-0.05, 0) is 36.4 Å². The molecule has 8 nitrogen and oxygen atoms in total. The number of H-pyrrole nitrogens is 1. The number of aliphatic hydroxyl groups is 1. The number of esters is 1.